The Bertz CT molecular complexity index is 419. The number of aliphatic hydroxyl groups is 1. The summed E-state index contributed by atoms with van der Waals surface area (Å²) >= 11 is 0. The largest absolute Gasteiger partial charge is 0.393 e. The van der Waals surface area contributed by atoms with Gasteiger partial charge in [-0.15, -0.1) is 0 Å². The number of hydrogen-bond donors (Lipinski definition) is 2. The fourth-order valence-electron chi connectivity index (χ4n) is 2.08. The maximum atomic E-state index is 9.32. The lowest BCUT2D eigenvalue weighted by Gasteiger charge is -2.21. The molecule has 106 valence electrons. The highest BCUT2D eigenvalue weighted by Gasteiger charge is 2.18. The summed E-state index contributed by atoms with van der Waals surface area (Å²) in [6.45, 7) is 4.40. The van der Waals surface area contributed by atoms with Crippen LogP contribution >= 0.6 is 0 Å². The highest BCUT2D eigenvalue weighted by Crippen LogP contribution is 2.19. The summed E-state index contributed by atoms with van der Waals surface area (Å²) in [6, 6.07) is 0. The van der Waals surface area contributed by atoms with Crippen molar-refractivity contribution >= 4 is 17.8 Å². The topological polar surface area (TPSA) is 91.4 Å². The van der Waals surface area contributed by atoms with Gasteiger partial charge in [-0.25, -0.2) is 0 Å². The van der Waals surface area contributed by atoms with Gasteiger partial charge in [-0.1, -0.05) is 0 Å². The van der Waals surface area contributed by atoms with E-state index in [4.69, 9.17) is 5.73 Å². The molecule has 3 N–H and O–H groups in total. The van der Waals surface area contributed by atoms with Crippen LogP contribution in [0.1, 0.15) is 26.2 Å². The molecule has 1 aromatic heterocycles. The minimum Gasteiger partial charge on any atom is -0.393 e. The monoisotopic (exact) mass is 266 g/mol. The van der Waals surface area contributed by atoms with Gasteiger partial charge in [0.05, 0.1) is 6.10 Å². The highest BCUT2D eigenvalue weighted by atomic mass is 16.3. The Kier molecular flexibility index (Phi) is 4.36. The molecule has 0 aromatic carbocycles. The molecule has 0 radical (unpaired) electrons. The molecule has 2 heterocycles. The van der Waals surface area contributed by atoms with Crippen LogP contribution in [0.2, 0.25) is 0 Å². The number of nitrogens with zero attached hydrogens (tertiary/aromatic N) is 5. The van der Waals surface area contributed by atoms with Crippen molar-refractivity contribution in [1.82, 2.24) is 15.0 Å². The van der Waals surface area contributed by atoms with E-state index in [0.717, 1.165) is 13.1 Å². The van der Waals surface area contributed by atoms with Gasteiger partial charge in [-0.3, -0.25) is 0 Å². The number of nitrogen functional groups attached to an aromatic ring is 1. The molecule has 0 aliphatic carbocycles. The van der Waals surface area contributed by atoms with Gasteiger partial charge in [0.1, 0.15) is 0 Å². The van der Waals surface area contributed by atoms with Crippen molar-refractivity contribution in [3.63, 3.8) is 0 Å². The van der Waals surface area contributed by atoms with Gasteiger partial charge in [0.15, 0.2) is 0 Å². The summed E-state index contributed by atoms with van der Waals surface area (Å²) in [5.74, 6) is 1.47. The molecule has 7 nitrogen and oxygen atoms in total. The molecule has 7 heteroatoms. The van der Waals surface area contributed by atoms with Crippen LogP contribution < -0.4 is 15.5 Å². The smallest absolute Gasteiger partial charge is 0.231 e. The number of aromatic nitrogens is 3. The van der Waals surface area contributed by atoms with E-state index in [-0.39, 0.29) is 12.1 Å². The fraction of sp³-hybridized carbons (Fsp3) is 0.750. The summed E-state index contributed by atoms with van der Waals surface area (Å²) in [5, 5.41) is 9.32. The van der Waals surface area contributed by atoms with Gasteiger partial charge in [0, 0.05) is 26.7 Å². The molecule has 1 atom stereocenters. The minimum absolute atomic E-state index is 0.246. The molecular formula is C12H22N6O. The lowest BCUT2D eigenvalue weighted by molar-refractivity contribution is 0.186. The molecule has 1 unspecified atom stereocenters. The Hall–Kier alpha value is -1.63. The predicted octanol–water partition coefficient (Wildman–Crippen LogP) is 0.261. The number of rotatable bonds is 5. The Morgan fingerprint density at radius 1 is 1.32 bits per heavy atom. The Morgan fingerprint density at radius 3 is 2.63 bits per heavy atom. The first-order valence-corrected chi connectivity index (χ1v) is 6.72. The van der Waals surface area contributed by atoms with E-state index < -0.39 is 0 Å². The Labute approximate surface area is 113 Å². The minimum atomic E-state index is -0.334. The number of aliphatic hydroxyl groups excluding tert-OH is 1. The van der Waals surface area contributed by atoms with Crippen LogP contribution in [-0.4, -0.2) is 52.8 Å². The molecule has 0 bridgehead atoms. The first-order valence-electron chi connectivity index (χ1n) is 6.72. The van der Waals surface area contributed by atoms with Crippen LogP contribution in [0.5, 0.6) is 0 Å². The Balaban J connectivity index is 2.11. The van der Waals surface area contributed by atoms with E-state index in [1.54, 1.807) is 6.92 Å². The average molecular weight is 266 g/mol. The van der Waals surface area contributed by atoms with E-state index in [1.165, 1.54) is 12.8 Å². The first kappa shape index (κ1) is 13.8. The third-order valence-corrected chi connectivity index (χ3v) is 3.24. The molecule has 0 spiro atoms. The standard InChI is InChI=1S/C12H22N6O/c1-9(19)5-8-17(2)11-14-10(13)15-12(16-11)18-6-3-4-7-18/h9,19H,3-8H2,1-2H3,(H2,13,14,15,16). The second-order valence-corrected chi connectivity index (χ2v) is 5.05. The maximum absolute atomic E-state index is 9.32. The van der Waals surface area contributed by atoms with Crippen molar-refractivity contribution in [2.45, 2.75) is 32.3 Å². The van der Waals surface area contributed by atoms with Gasteiger partial charge in [-0.05, 0) is 26.2 Å². The number of nitrogens with two attached hydrogens (primary N) is 1. The van der Waals surface area contributed by atoms with Crippen LogP contribution in [-0.2, 0) is 0 Å². The average Bonchev–Trinajstić information content (AvgIpc) is 2.89. The summed E-state index contributed by atoms with van der Waals surface area (Å²) in [5.41, 5.74) is 5.76. The quantitative estimate of drug-likeness (QED) is 0.790. The molecule has 2 rings (SSSR count). The lowest BCUT2D eigenvalue weighted by atomic mass is 10.3. The molecule has 0 saturated carbocycles. The first-order chi connectivity index (χ1) is 9.06. The van der Waals surface area contributed by atoms with E-state index in [2.05, 4.69) is 19.9 Å². The molecule has 1 saturated heterocycles. The van der Waals surface area contributed by atoms with Gasteiger partial charge >= 0.3 is 0 Å². The number of anilines is 3. The maximum Gasteiger partial charge on any atom is 0.231 e. The van der Waals surface area contributed by atoms with Crippen molar-refractivity contribution in [1.29, 1.82) is 0 Å². The summed E-state index contributed by atoms with van der Waals surface area (Å²) in [4.78, 5) is 16.8. The molecule has 1 aliphatic rings. The molecule has 19 heavy (non-hydrogen) atoms. The second-order valence-electron chi connectivity index (χ2n) is 5.05. The van der Waals surface area contributed by atoms with E-state index in [1.807, 2.05) is 11.9 Å². The van der Waals surface area contributed by atoms with E-state index in [0.29, 0.717) is 24.9 Å². The SMILES string of the molecule is CC(O)CCN(C)c1nc(N)nc(N2CCCC2)n1. The van der Waals surface area contributed by atoms with Crippen molar-refractivity contribution < 1.29 is 5.11 Å². The van der Waals surface area contributed by atoms with Gasteiger partial charge < -0.3 is 20.6 Å². The van der Waals surface area contributed by atoms with Crippen molar-refractivity contribution in [3.8, 4) is 0 Å². The van der Waals surface area contributed by atoms with E-state index in [9.17, 15) is 5.11 Å². The van der Waals surface area contributed by atoms with Crippen LogP contribution in [0.3, 0.4) is 0 Å². The van der Waals surface area contributed by atoms with Crippen molar-refractivity contribution in [2.75, 3.05) is 42.2 Å². The summed E-state index contributed by atoms with van der Waals surface area (Å²) in [7, 11) is 1.89. The zero-order chi connectivity index (χ0) is 13.8. The summed E-state index contributed by atoms with van der Waals surface area (Å²) in [6.07, 6.45) is 2.67. The molecule has 0 amide bonds. The van der Waals surface area contributed by atoms with E-state index >= 15 is 0 Å². The van der Waals surface area contributed by atoms with Crippen LogP contribution in [0.4, 0.5) is 17.8 Å². The van der Waals surface area contributed by atoms with Crippen LogP contribution in [0.25, 0.3) is 0 Å². The zero-order valence-electron chi connectivity index (χ0n) is 11.6. The van der Waals surface area contributed by atoms with Crippen LogP contribution in [0.15, 0.2) is 0 Å². The fourth-order valence-corrected chi connectivity index (χ4v) is 2.08. The zero-order valence-corrected chi connectivity index (χ0v) is 11.6. The normalized spacial score (nSPS) is 16.7. The van der Waals surface area contributed by atoms with Crippen molar-refractivity contribution in [2.24, 2.45) is 0 Å². The third-order valence-electron chi connectivity index (χ3n) is 3.24. The molecule has 1 aromatic rings. The number of hydrogen-bond acceptors (Lipinski definition) is 7. The third kappa shape index (κ3) is 3.66. The van der Waals surface area contributed by atoms with Crippen molar-refractivity contribution in [3.05, 3.63) is 0 Å². The van der Waals surface area contributed by atoms with Gasteiger partial charge in [0.2, 0.25) is 17.8 Å². The lowest BCUT2D eigenvalue weighted by Crippen LogP contribution is -2.27. The predicted molar refractivity (Wildman–Crippen MR) is 75.3 cm³/mol. The highest BCUT2D eigenvalue weighted by molar-refractivity contribution is 5.43. The Morgan fingerprint density at radius 2 is 2.00 bits per heavy atom. The molecule has 1 aliphatic heterocycles. The molecule has 1 fully saturated rings. The summed E-state index contributed by atoms with van der Waals surface area (Å²) < 4.78 is 0. The molecular weight excluding hydrogens is 244 g/mol. The van der Waals surface area contributed by atoms with Crippen LogP contribution in [0, 0.1) is 0 Å². The second kappa shape index (κ2) is 6.01. The van der Waals surface area contributed by atoms with Gasteiger partial charge in [0.25, 0.3) is 0 Å². The van der Waals surface area contributed by atoms with Gasteiger partial charge in [-0.2, -0.15) is 15.0 Å².